The molecule has 6 nitrogen and oxygen atoms in total. The van der Waals surface area contributed by atoms with Crippen LogP contribution in [0.25, 0.3) is 0 Å². The van der Waals surface area contributed by atoms with Crippen molar-refractivity contribution in [2.45, 2.75) is 44.6 Å². The van der Waals surface area contributed by atoms with Gasteiger partial charge in [-0.2, -0.15) is 0 Å². The summed E-state index contributed by atoms with van der Waals surface area (Å²) in [6.45, 7) is 0.472. The third-order valence-electron chi connectivity index (χ3n) is 4.01. The van der Waals surface area contributed by atoms with Crippen LogP contribution in [0.1, 0.15) is 38.5 Å². The Hall–Kier alpha value is -1.59. The molecule has 0 spiro atoms. The summed E-state index contributed by atoms with van der Waals surface area (Å²) in [5.41, 5.74) is 0. The highest BCUT2D eigenvalue weighted by Crippen LogP contribution is 2.29. The second-order valence-corrected chi connectivity index (χ2v) is 5.45. The van der Waals surface area contributed by atoms with Gasteiger partial charge in [-0.3, -0.25) is 14.4 Å². The summed E-state index contributed by atoms with van der Waals surface area (Å²) < 4.78 is 0. The Labute approximate surface area is 111 Å². The van der Waals surface area contributed by atoms with Gasteiger partial charge >= 0.3 is 5.97 Å². The van der Waals surface area contributed by atoms with Gasteiger partial charge in [-0.1, -0.05) is 6.42 Å². The van der Waals surface area contributed by atoms with Crippen LogP contribution in [0.2, 0.25) is 0 Å². The van der Waals surface area contributed by atoms with Crippen molar-refractivity contribution >= 4 is 17.8 Å². The first kappa shape index (κ1) is 13.8. The molecule has 0 radical (unpaired) electrons. The summed E-state index contributed by atoms with van der Waals surface area (Å²) in [4.78, 5) is 34.1. The molecule has 1 aliphatic carbocycles. The molecule has 3 atom stereocenters. The van der Waals surface area contributed by atoms with Crippen molar-refractivity contribution in [3.05, 3.63) is 0 Å². The Kier molecular flexibility index (Phi) is 4.39. The summed E-state index contributed by atoms with van der Waals surface area (Å²) in [5.74, 6) is -1.44. The molecule has 2 aliphatic rings. The molecule has 0 aromatic rings. The van der Waals surface area contributed by atoms with E-state index in [1.807, 2.05) is 0 Å². The minimum absolute atomic E-state index is 0.0181. The Balaban J connectivity index is 1.82. The van der Waals surface area contributed by atoms with Crippen LogP contribution in [-0.4, -0.2) is 35.5 Å². The second kappa shape index (κ2) is 6.04. The van der Waals surface area contributed by atoms with Gasteiger partial charge in [0, 0.05) is 24.9 Å². The van der Waals surface area contributed by atoms with Gasteiger partial charge in [-0.15, -0.1) is 0 Å². The first-order valence-electron chi connectivity index (χ1n) is 6.86. The van der Waals surface area contributed by atoms with Crippen LogP contribution in [0, 0.1) is 11.8 Å². The molecule has 3 N–H and O–H groups in total. The lowest BCUT2D eigenvalue weighted by atomic mass is 9.81. The zero-order valence-corrected chi connectivity index (χ0v) is 10.9. The topological polar surface area (TPSA) is 95.5 Å². The number of nitrogens with one attached hydrogen (secondary N) is 2. The summed E-state index contributed by atoms with van der Waals surface area (Å²) in [6, 6.07) is -0.0181. The van der Waals surface area contributed by atoms with Crippen molar-refractivity contribution in [3.63, 3.8) is 0 Å². The minimum Gasteiger partial charge on any atom is -0.481 e. The molecule has 2 fully saturated rings. The zero-order valence-electron chi connectivity index (χ0n) is 10.9. The minimum atomic E-state index is -0.803. The SMILES string of the molecule is O=C1CCC(NC(=O)C2CCCC(C(=O)O)C2)CN1. The van der Waals surface area contributed by atoms with Gasteiger partial charge in [0.05, 0.1) is 5.92 Å². The van der Waals surface area contributed by atoms with Gasteiger partial charge in [0.25, 0.3) is 0 Å². The number of carboxylic acid groups (broad SMARTS) is 1. The fourth-order valence-corrected chi connectivity index (χ4v) is 2.83. The van der Waals surface area contributed by atoms with E-state index >= 15 is 0 Å². The number of piperidine rings is 1. The summed E-state index contributed by atoms with van der Waals surface area (Å²) >= 11 is 0. The third kappa shape index (κ3) is 3.68. The zero-order chi connectivity index (χ0) is 13.8. The first-order valence-corrected chi connectivity index (χ1v) is 6.86. The van der Waals surface area contributed by atoms with E-state index in [1.165, 1.54) is 0 Å². The molecule has 0 aromatic carbocycles. The van der Waals surface area contributed by atoms with Gasteiger partial charge in [0.15, 0.2) is 0 Å². The number of rotatable bonds is 3. The molecular weight excluding hydrogens is 248 g/mol. The van der Waals surface area contributed by atoms with Crippen molar-refractivity contribution in [2.75, 3.05) is 6.54 Å². The van der Waals surface area contributed by atoms with E-state index in [1.54, 1.807) is 0 Å². The molecule has 2 amide bonds. The monoisotopic (exact) mass is 268 g/mol. The van der Waals surface area contributed by atoms with E-state index in [0.29, 0.717) is 32.2 Å². The Morgan fingerprint density at radius 2 is 1.95 bits per heavy atom. The molecule has 106 valence electrons. The smallest absolute Gasteiger partial charge is 0.306 e. The summed E-state index contributed by atoms with van der Waals surface area (Å²) in [6.07, 6.45) is 3.74. The van der Waals surface area contributed by atoms with Crippen LogP contribution in [0.3, 0.4) is 0 Å². The van der Waals surface area contributed by atoms with Gasteiger partial charge in [-0.25, -0.2) is 0 Å². The van der Waals surface area contributed by atoms with Crippen molar-refractivity contribution < 1.29 is 19.5 Å². The normalized spacial score (nSPS) is 31.4. The highest BCUT2D eigenvalue weighted by Gasteiger charge is 2.32. The van der Waals surface area contributed by atoms with Crippen LogP contribution >= 0.6 is 0 Å². The number of amides is 2. The standard InChI is InChI=1S/C13H20N2O4/c16-11-5-4-10(7-14-11)15-12(17)8-2-1-3-9(6-8)13(18)19/h8-10H,1-7H2,(H,14,16)(H,15,17)(H,18,19). The largest absolute Gasteiger partial charge is 0.481 e. The molecule has 19 heavy (non-hydrogen) atoms. The van der Waals surface area contributed by atoms with Gasteiger partial charge < -0.3 is 15.7 Å². The highest BCUT2D eigenvalue weighted by molar-refractivity contribution is 5.81. The first-order chi connectivity index (χ1) is 9.06. The molecule has 1 aliphatic heterocycles. The number of carbonyl (C=O) groups is 3. The highest BCUT2D eigenvalue weighted by atomic mass is 16.4. The van der Waals surface area contributed by atoms with Crippen molar-refractivity contribution in [1.82, 2.24) is 10.6 Å². The molecule has 1 heterocycles. The molecule has 0 aromatic heterocycles. The average molecular weight is 268 g/mol. The van der Waals surface area contributed by atoms with Crippen LogP contribution < -0.4 is 10.6 Å². The molecule has 1 saturated heterocycles. The lowest BCUT2D eigenvalue weighted by Gasteiger charge is -2.29. The van der Waals surface area contributed by atoms with E-state index in [2.05, 4.69) is 10.6 Å². The lowest BCUT2D eigenvalue weighted by molar-refractivity contribution is -0.144. The van der Waals surface area contributed by atoms with Gasteiger partial charge in [0.2, 0.25) is 11.8 Å². The Bertz CT molecular complexity index is 373. The average Bonchev–Trinajstić information content (AvgIpc) is 2.41. The Morgan fingerprint density at radius 3 is 2.58 bits per heavy atom. The summed E-state index contributed by atoms with van der Waals surface area (Å²) in [5, 5.41) is 14.7. The molecule has 3 unspecified atom stereocenters. The van der Waals surface area contributed by atoms with Crippen LogP contribution in [0.15, 0.2) is 0 Å². The van der Waals surface area contributed by atoms with E-state index in [-0.39, 0.29) is 23.8 Å². The number of hydrogen-bond donors (Lipinski definition) is 3. The van der Waals surface area contributed by atoms with Crippen LogP contribution in [-0.2, 0) is 14.4 Å². The van der Waals surface area contributed by atoms with Gasteiger partial charge in [0.1, 0.15) is 0 Å². The van der Waals surface area contributed by atoms with E-state index in [4.69, 9.17) is 5.11 Å². The van der Waals surface area contributed by atoms with E-state index in [0.717, 1.165) is 12.8 Å². The van der Waals surface area contributed by atoms with Crippen molar-refractivity contribution in [3.8, 4) is 0 Å². The fraction of sp³-hybridized carbons (Fsp3) is 0.769. The maximum atomic E-state index is 12.1. The Morgan fingerprint density at radius 1 is 1.21 bits per heavy atom. The molecule has 2 rings (SSSR count). The quantitative estimate of drug-likeness (QED) is 0.684. The fourth-order valence-electron chi connectivity index (χ4n) is 2.83. The van der Waals surface area contributed by atoms with Gasteiger partial charge in [-0.05, 0) is 25.7 Å². The van der Waals surface area contributed by atoms with E-state index < -0.39 is 11.9 Å². The maximum absolute atomic E-state index is 12.1. The number of aliphatic carboxylic acids is 1. The number of carboxylic acids is 1. The third-order valence-corrected chi connectivity index (χ3v) is 4.01. The predicted molar refractivity (Wildman–Crippen MR) is 67.3 cm³/mol. The number of hydrogen-bond acceptors (Lipinski definition) is 3. The molecule has 6 heteroatoms. The maximum Gasteiger partial charge on any atom is 0.306 e. The predicted octanol–water partition coefficient (Wildman–Crippen LogP) is 0.272. The van der Waals surface area contributed by atoms with E-state index in [9.17, 15) is 14.4 Å². The number of carbonyl (C=O) groups excluding carboxylic acids is 2. The van der Waals surface area contributed by atoms with Crippen molar-refractivity contribution in [2.24, 2.45) is 11.8 Å². The molecule has 1 saturated carbocycles. The summed E-state index contributed by atoms with van der Waals surface area (Å²) in [7, 11) is 0. The van der Waals surface area contributed by atoms with Crippen LogP contribution in [0.4, 0.5) is 0 Å². The lowest BCUT2D eigenvalue weighted by Crippen LogP contribution is -2.49. The molecule has 0 bridgehead atoms. The second-order valence-electron chi connectivity index (χ2n) is 5.45. The van der Waals surface area contributed by atoms with Crippen molar-refractivity contribution in [1.29, 1.82) is 0 Å². The van der Waals surface area contributed by atoms with Crippen LogP contribution in [0.5, 0.6) is 0 Å². The molecular formula is C13H20N2O4.